The molecule has 0 aromatic heterocycles. The molecular formula is C17H19ClFN. The van der Waals surface area contributed by atoms with Crippen LogP contribution >= 0.6 is 11.6 Å². The third kappa shape index (κ3) is 3.59. The van der Waals surface area contributed by atoms with Gasteiger partial charge < -0.3 is 5.32 Å². The van der Waals surface area contributed by atoms with Gasteiger partial charge in [0.15, 0.2) is 0 Å². The topological polar surface area (TPSA) is 12.0 Å². The lowest BCUT2D eigenvalue weighted by molar-refractivity contribution is 0.439. The Hall–Kier alpha value is -1.38. The van der Waals surface area contributed by atoms with Crippen molar-refractivity contribution in [1.29, 1.82) is 0 Å². The first-order chi connectivity index (χ1) is 9.61. The van der Waals surface area contributed by atoms with E-state index in [0.717, 1.165) is 22.6 Å². The van der Waals surface area contributed by atoms with Crippen molar-refractivity contribution in [2.75, 3.05) is 0 Å². The molecule has 0 aliphatic rings. The summed E-state index contributed by atoms with van der Waals surface area (Å²) in [6, 6.07) is 14.8. The molecule has 2 aromatic carbocycles. The van der Waals surface area contributed by atoms with Gasteiger partial charge in [0.25, 0.3) is 0 Å². The van der Waals surface area contributed by atoms with Gasteiger partial charge in [-0.3, -0.25) is 0 Å². The molecule has 0 aliphatic heterocycles. The summed E-state index contributed by atoms with van der Waals surface area (Å²) in [6.07, 6.45) is 0.832. The molecule has 2 rings (SSSR count). The lowest BCUT2D eigenvalue weighted by atomic mass is 10.0. The van der Waals surface area contributed by atoms with Crippen LogP contribution in [0.3, 0.4) is 0 Å². The number of hydrogen-bond acceptors (Lipinski definition) is 1. The van der Waals surface area contributed by atoms with Crippen molar-refractivity contribution in [3.63, 3.8) is 0 Å². The number of benzene rings is 2. The van der Waals surface area contributed by atoms with Crippen LogP contribution in [0, 0.1) is 5.82 Å². The molecule has 1 N–H and O–H groups in total. The Balaban J connectivity index is 2.14. The molecule has 0 aliphatic carbocycles. The highest BCUT2D eigenvalue weighted by molar-refractivity contribution is 6.30. The first-order valence-electron chi connectivity index (χ1n) is 6.87. The van der Waals surface area contributed by atoms with Crippen LogP contribution in [0.1, 0.15) is 43.5 Å². The summed E-state index contributed by atoms with van der Waals surface area (Å²) >= 11 is 5.90. The van der Waals surface area contributed by atoms with Gasteiger partial charge in [-0.1, -0.05) is 48.9 Å². The van der Waals surface area contributed by atoms with E-state index in [1.165, 1.54) is 6.07 Å². The monoisotopic (exact) mass is 291 g/mol. The van der Waals surface area contributed by atoms with Crippen LogP contribution in [0.5, 0.6) is 0 Å². The molecule has 0 fully saturated rings. The highest BCUT2D eigenvalue weighted by Crippen LogP contribution is 2.24. The van der Waals surface area contributed by atoms with E-state index in [0.29, 0.717) is 0 Å². The van der Waals surface area contributed by atoms with Crippen molar-refractivity contribution < 1.29 is 4.39 Å². The summed E-state index contributed by atoms with van der Waals surface area (Å²) < 4.78 is 13.9. The fourth-order valence-corrected chi connectivity index (χ4v) is 2.46. The van der Waals surface area contributed by atoms with Crippen LogP contribution in [0.15, 0.2) is 48.5 Å². The minimum atomic E-state index is -0.157. The van der Waals surface area contributed by atoms with E-state index in [9.17, 15) is 4.39 Å². The minimum Gasteiger partial charge on any atom is -0.303 e. The first-order valence-corrected chi connectivity index (χ1v) is 7.25. The van der Waals surface area contributed by atoms with Gasteiger partial charge in [0.1, 0.15) is 5.82 Å². The molecule has 0 saturated heterocycles. The van der Waals surface area contributed by atoms with Gasteiger partial charge in [-0.2, -0.15) is 0 Å². The zero-order valence-corrected chi connectivity index (χ0v) is 12.5. The van der Waals surface area contributed by atoms with Gasteiger partial charge in [-0.15, -0.1) is 0 Å². The van der Waals surface area contributed by atoms with Crippen molar-refractivity contribution >= 4 is 11.6 Å². The van der Waals surface area contributed by atoms with E-state index in [-0.39, 0.29) is 17.9 Å². The Kier molecular flexibility index (Phi) is 5.16. The fraction of sp³-hybridized carbons (Fsp3) is 0.294. The quantitative estimate of drug-likeness (QED) is 0.790. The van der Waals surface area contributed by atoms with E-state index in [1.54, 1.807) is 6.07 Å². The summed E-state index contributed by atoms with van der Waals surface area (Å²) in [4.78, 5) is 0. The SMILES string of the molecule is CCC(N[C@H](C)c1ccc(Cl)cc1)c1ccccc1F. The summed E-state index contributed by atoms with van der Waals surface area (Å²) in [5, 5.41) is 4.20. The molecule has 1 nitrogen and oxygen atoms in total. The number of hydrogen-bond donors (Lipinski definition) is 1. The van der Waals surface area contributed by atoms with Crippen LogP contribution in [-0.4, -0.2) is 0 Å². The molecule has 2 aromatic rings. The first kappa shape index (κ1) is 15.0. The second kappa shape index (κ2) is 6.87. The molecule has 0 saturated carbocycles. The highest BCUT2D eigenvalue weighted by Gasteiger charge is 2.16. The van der Waals surface area contributed by atoms with Crippen LogP contribution in [0.4, 0.5) is 4.39 Å². The van der Waals surface area contributed by atoms with Crippen LogP contribution < -0.4 is 5.32 Å². The summed E-state index contributed by atoms with van der Waals surface area (Å²) in [7, 11) is 0. The van der Waals surface area contributed by atoms with Crippen LogP contribution in [0.25, 0.3) is 0 Å². The average molecular weight is 292 g/mol. The van der Waals surface area contributed by atoms with Gasteiger partial charge in [0, 0.05) is 22.7 Å². The lowest BCUT2D eigenvalue weighted by Crippen LogP contribution is -2.25. The Morgan fingerprint density at radius 1 is 1.10 bits per heavy atom. The average Bonchev–Trinajstić information content (AvgIpc) is 2.46. The van der Waals surface area contributed by atoms with E-state index in [2.05, 4.69) is 19.2 Å². The van der Waals surface area contributed by atoms with E-state index in [4.69, 9.17) is 11.6 Å². The van der Waals surface area contributed by atoms with Crippen molar-refractivity contribution in [1.82, 2.24) is 5.32 Å². The Morgan fingerprint density at radius 3 is 2.35 bits per heavy atom. The normalized spacial score (nSPS) is 14.0. The number of halogens is 2. The maximum Gasteiger partial charge on any atom is 0.127 e. The third-order valence-electron chi connectivity index (χ3n) is 3.51. The van der Waals surface area contributed by atoms with Gasteiger partial charge in [-0.25, -0.2) is 4.39 Å². The van der Waals surface area contributed by atoms with E-state index in [1.807, 2.05) is 36.4 Å². The summed E-state index contributed by atoms with van der Waals surface area (Å²) in [6.45, 7) is 4.13. The smallest absolute Gasteiger partial charge is 0.127 e. The molecule has 0 amide bonds. The standard InChI is InChI=1S/C17H19ClFN/c1-3-17(15-6-4-5-7-16(15)19)20-12(2)13-8-10-14(18)11-9-13/h4-12,17,20H,3H2,1-2H3/t12-,17?/m1/s1. The molecule has 0 spiro atoms. The van der Waals surface area contributed by atoms with Crippen molar-refractivity contribution in [2.24, 2.45) is 0 Å². The van der Waals surface area contributed by atoms with Gasteiger partial charge in [0.2, 0.25) is 0 Å². The molecule has 0 heterocycles. The van der Waals surface area contributed by atoms with Gasteiger partial charge in [-0.05, 0) is 37.1 Å². The lowest BCUT2D eigenvalue weighted by Gasteiger charge is -2.23. The van der Waals surface area contributed by atoms with Crippen LogP contribution in [0.2, 0.25) is 5.02 Å². The van der Waals surface area contributed by atoms with Crippen molar-refractivity contribution in [3.8, 4) is 0 Å². The predicted octanol–water partition coefficient (Wildman–Crippen LogP) is 5.28. The number of rotatable bonds is 5. The van der Waals surface area contributed by atoms with E-state index < -0.39 is 0 Å². The van der Waals surface area contributed by atoms with Gasteiger partial charge >= 0.3 is 0 Å². The number of nitrogens with one attached hydrogen (secondary N) is 1. The second-order valence-corrected chi connectivity index (χ2v) is 5.36. The highest BCUT2D eigenvalue weighted by atomic mass is 35.5. The molecular weight excluding hydrogens is 273 g/mol. The molecule has 106 valence electrons. The Morgan fingerprint density at radius 2 is 1.75 bits per heavy atom. The third-order valence-corrected chi connectivity index (χ3v) is 3.76. The van der Waals surface area contributed by atoms with Gasteiger partial charge in [0.05, 0.1) is 0 Å². The molecule has 20 heavy (non-hydrogen) atoms. The van der Waals surface area contributed by atoms with Crippen molar-refractivity contribution in [3.05, 3.63) is 70.5 Å². The molecule has 0 radical (unpaired) electrons. The molecule has 1 unspecified atom stereocenters. The zero-order chi connectivity index (χ0) is 14.5. The zero-order valence-electron chi connectivity index (χ0n) is 11.7. The fourth-order valence-electron chi connectivity index (χ4n) is 2.33. The maximum atomic E-state index is 13.9. The molecule has 2 atom stereocenters. The predicted molar refractivity (Wildman–Crippen MR) is 82.4 cm³/mol. The largest absolute Gasteiger partial charge is 0.303 e. The Bertz CT molecular complexity index is 553. The summed E-state index contributed by atoms with van der Waals surface area (Å²) in [5.74, 6) is -0.157. The molecule has 3 heteroatoms. The summed E-state index contributed by atoms with van der Waals surface area (Å²) in [5.41, 5.74) is 1.86. The molecule has 0 bridgehead atoms. The maximum absolute atomic E-state index is 13.9. The van der Waals surface area contributed by atoms with Crippen LogP contribution in [-0.2, 0) is 0 Å². The Labute approximate surface area is 124 Å². The minimum absolute atomic E-state index is 0.00174. The second-order valence-electron chi connectivity index (χ2n) is 4.92. The van der Waals surface area contributed by atoms with Crippen molar-refractivity contribution in [2.45, 2.75) is 32.4 Å². The van der Waals surface area contributed by atoms with E-state index >= 15 is 0 Å².